The molecule has 0 aromatic rings. The third-order valence-electron chi connectivity index (χ3n) is 4.99. The smallest absolute Gasteiger partial charge is 0.306 e. The molecule has 1 heterocycles. The summed E-state index contributed by atoms with van der Waals surface area (Å²) in [6.45, 7) is 5.76. The van der Waals surface area contributed by atoms with E-state index in [0.29, 0.717) is 12.8 Å². The fraction of sp³-hybridized carbons (Fsp3) is 0.773. The number of rotatable bonds is 15. The largest absolute Gasteiger partial charge is 0.481 e. The molecule has 1 fully saturated rings. The van der Waals surface area contributed by atoms with Crippen LogP contribution < -0.4 is 0 Å². The lowest BCUT2D eigenvalue weighted by molar-refractivity contribution is -0.141. The average molecular weight is 367 g/mol. The van der Waals surface area contributed by atoms with Crippen LogP contribution in [0.15, 0.2) is 24.3 Å². The van der Waals surface area contributed by atoms with Crippen LogP contribution in [0.5, 0.6) is 0 Å². The van der Waals surface area contributed by atoms with Crippen molar-refractivity contribution in [3.05, 3.63) is 24.3 Å². The van der Waals surface area contributed by atoms with Crippen molar-refractivity contribution in [2.45, 2.75) is 103 Å². The average Bonchev–Trinajstić information content (AvgIpc) is 3.35. The van der Waals surface area contributed by atoms with Crippen LogP contribution >= 0.6 is 0 Å². The van der Waals surface area contributed by atoms with E-state index in [9.17, 15) is 9.90 Å². The lowest BCUT2D eigenvalue weighted by atomic mass is 9.99. The lowest BCUT2D eigenvalue weighted by Gasteiger charge is -2.16. The lowest BCUT2D eigenvalue weighted by Crippen LogP contribution is -2.19. The van der Waals surface area contributed by atoms with Crippen LogP contribution in [0.4, 0.5) is 0 Å². The molecule has 0 amide bonds. The molecule has 0 aromatic heterocycles. The molecule has 0 bridgehead atoms. The number of aliphatic carboxylic acids is 1. The molecule has 1 saturated heterocycles. The molecule has 4 heteroatoms. The third kappa shape index (κ3) is 10.8. The summed E-state index contributed by atoms with van der Waals surface area (Å²) in [6.07, 6.45) is 19.0. The maximum atomic E-state index is 10.8. The summed E-state index contributed by atoms with van der Waals surface area (Å²) in [4.78, 5) is 10.8. The minimum absolute atomic E-state index is 0.0228. The minimum atomic E-state index is -0.859. The standard InChI is InChI=1S/C22H38O4/c1-4-5-6-7-8-9-10-11-12-16-22(3,25)17-15-20-19(26-20)14-13-18(2)21(23)24/h11-12,15,17-20,25H,4-10,13-14,16H2,1-3H3,(H,23,24)/b12-11-,17-15+. The van der Waals surface area contributed by atoms with Gasteiger partial charge in [0, 0.05) is 0 Å². The van der Waals surface area contributed by atoms with Gasteiger partial charge in [-0.15, -0.1) is 0 Å². The van der Waals surface area contributed by atoms with Gasteiger partial charge in [-0.2, -0.15) is 0 Å². The van der Waals surface area contributed by atoms with Crippen molar-refractivity contribution in [1.29, 1.82) is 0 Å². The highest BCUT2D eigenvalue weighted by Crippen LogP contribution is 2.30. The number of hydrogen-bond donors (Lipinski definition) is 2. The molecule has 4 atom stereocenters. The van der Waals surface area contributed by atoms with Crippen molar-refractivity contribution in [3.8, 4) is 0 Å². The molecule has 150 valence electrons. The number of carbonyl (C=O) groups is 1. The van der Waals surface area contributed by atoms with Gasteiger partial charge in [0.15, 0.2) is 0 Å². The van der Waals surface area contributed by atoms with Gasteiger partial charge >= 0.3 is 5.97 Å². The highest BCUT2D eigenvalue weighted by Gasteiger charge is 2.37. The first-order valence-corrected chi connectivity index (χ1v) is 10.3. The van der Waals surface area contributed by atoms with Gasteiger partial charge in [0.2, 0.25) is 0 Å². The van der Waals surface area contributed by atoms with Gasteiger partial charge in [0.1, 0.15) is 6.10 Å². The number of carboxylic acid groups (broad SMARTS) is 1. The Labute approximate surface area is 159 Å². The first kappa shape index (κ1) is 22.9. The zero-order chi connectivity index (χ0) is 19.4. The highest BCUT2D eigenvalue weighted by atomic mass is 16.6. The van der Waals surface area contributed by atoms with E-state index in [1.54, 1.807) is 6.92 Å². The number of hydrogen-bond acceptors (Lipinski definition) is 3. The summed E-state index contributed by atoms with van der Waals surface area (Å²) < 4.78 is 5.53. The summed E-state index contributed by atoms with van der Waals surface area (Å²) in [5.41, 5.74) is -0.859. The van der Waals surface area contributed by atoms with E-state index in [4.69, 9.17) is 9.84 Å². The van der Waals surface area contributed by atoms with Gasteiger partial charge in [-0.05, 0) is 39.0 Å². The molecule has 26 heavy (non-hydrogen) atoms. The molecule has 4 nitrogen and oxygen atoms in total. The van der Waals surface area contributed by atoms with Gasteiger partial charge < -0.3 is 14.9 Å². The molecular formula is C22H38O4. The van der Waals surface area contributed by atoms with E-state index in [-0.39, 0.29) is 18.1 Å². The van der Waals surface area contributed by atoms with Gasteiger partial charge in [-0.3, -0.25) is 4.79 Å². The van der Waals surface area contributed by atoms with Crippen molar-refractivity contribution in [2.75, 3.05) is 0 Å². The molecule has 1 rings (SSSR count). The molecule has 0 radical (unpaired) electrons. The molecule has 1 aliphatic rings. The minimum Gasteiger partial charge on any atom is -0.481 e. The quantitative estimate of drug-likeness (QED) is 0.236. The molecular weight excluding hydrogens is 328 g/mol. The Morgan fingerprint density at radius 2 is 1.88 bits per heavy atom. The van der Waals surface area contributed by atoms with E-state index < -0.39 is 11.6 Å². The summed E-state index contributed by atoms with van der Waals surface area (Å²) in [5, 5.41) is 19.3. The predicted octanol–water partition coefficient (Wildman–Crippen LogP) is 5.26. The number of carboxylic acids is 1. The first-order chi connectivity index (χ1) is 12.4. The Kier molecular flexibility index (Phi) is 10.8. The zero-order valence-corrected chi connectivity index (χ0v) is 16.8. The number of ether oxygens (including phenoxy) is 1. The molecule has 0 aliphatic carbocycles. The van der Waals surface area contributed by atoms with Crippen molar-refractivity contribution < 1.29 is 19.7 Å². The van der Waals surface area contributed by atoms with Crippen LogP contribution in [-0.4, -0.2) is 34.0 Å². The Bertz CT molecular complexity index is 453. The van der Waals surface area contributed by atoms with Crippen LogP contribution in [0.25, 0.3) is 0 Å². The maximum Gasteiger partial charge on any atom is 0.306 e. The second-order valence-electron chi connectivity index (χ2n) is 7.90. The summed E-state index contributed by atoms with van der Waals surface area (Å²) in [5.74, 6) is -1.09. The molecule has 2 N–H and O–H groups in total. The van der Waals surface area contributed by atoms with Gasteiger partial charge in [-0.1, -0.05) is 70.3 Å². The van der Waals surface area contributed by atoms with Crippen molar-refractivity contribution in [1.82, 2.24) is 0 Å². The Morgan fingerprint density at radius 3 is 2.58 bits per heavy atom. The summed E-state index contributed by atoms with van der Waals surface area (Å²) >= 11 is 0. The van der Waals surface area contributed by atoms with Crippen LogP contribution in [0, 0.1) is 5.92 Å². The molecule has 1 aliphatic heterocycles. The van der Waals surface area contributed by atoms with E-state index in [0.717, 1.165) is 12.8 Å². The number of unbranched alkanes of at least 4 members (excludes halogenated alkanes) is 6. The molecule has 0 saturated carbocycles. The predicted molar refractivity (Wildman–Crippen MR) is 106 cm³/mol. The van der Waals surface area contributed by atoms with Gasteiger partial charge in [0.25, 0.3) is 0 Å². The number of epoxide rings is 1. The summed E-state index contributed by atoms with van der Waals surface area (Å²) in [7, 11) is 0. The Hall–Kier alpha value is -1.13. The molecule has 4 unspecified atom stereocenters. The highest BCUT2D eigenvalue weighted by molar-refractivity contribution is 5.69. The van der Waals surface area contributed by atoms with E-state index in [1.165, 1.54) is 38.5 Å². The van der Waals surface area contributed by atoms with E-state index in [1.807, 2.05) is 19.1 Å². The first-order valence-electron chi connectivity index (χ1n) is 10.3. The SMILES string of the molecule is CCCCCCCC/C=C\CC(C)(O)/C=C/C1OC1CCC(C)C(=O)O. The van der Waals surface area contributed by atoms with E-state index >= 15 is 0 Å². The van der Waals surface area contributed by atoms with Crippen molar-refractivity contribution in [3.63, 3.8) is 0 Å². The second-order valence-corrected chi connectivity index (χ2v) is 7.90. The molecule has 0 spiro atoms. The fourth-order valence-corrected chi connectivity index (χ4v) is 2.95. The topological polar surface area (TPSA) is 70.1 Å². The maximum absolute atomic E-state index is 10.8. The van der Waals surface area contributed by atoms with Gasteiger partial charge in [-0.25, -0.2) is 0 Å². The number of allylic oxidation sites excluding steroid dienone is 1. The molecule has 0 aromatic carbocycles. The Balaban J connectivity index is 2.13. The van der Waals surface area contributed by atoms with E-state index in [2.05, 4.69) is 19.1 Å². The number of aliphatic hydroxyl groups is 1. The zero-order valence-electron chi connectivity index (χ0n) is 16.8. The van der Waals surface area contributed by atoms with Crippen LogP contribution in [0.3, 0.4) is 0 Å². The Morgan fingerprint density at radius 1 is 1.19 bits per heavy atom. The monoisotopic (exact) mass is 366 g/mol. The summed E-state index contributed by atoms with van der Waals surface area (Å²) in [6, 6.07) is 0. The second kappa shape index (κ2) is 12.3. The van der Waals surface area contributed by atoms with Crippen molar-refractivity contribution >= 4 is 5.97 Å². The van der Waals surface area contributed by atoms with Crippen LogP contribution in [0.2, 0.25) is 0 Å². The van der Waals surface area contributed by atoms with Gasteiger partial charge in [0.05, 0.1) is 17.6 Å². The normalized spacial score (nSPS) is 23.4. The fourth-order valence-electron chi connectivity index (χ4n) is 2.95. The van der Waals surface area contributed by atoms with Crippen LogP contribution in [-0.2, 0) is 9.53 Å². The van der Waals surface area contributed by atoms with Crippen molar-refractivity contribution in [2.24, 2.45) is 5.92 Å². The van der Waals surface area contributed by atoms with Crippen LogP contribution in [0.1, 0.15) is 85.0 Å². The third-order valence-corrected chi connectivity index (χ3v) is 4.99.